The van der Waals surface area contributed by atoms with Gasteiger partial charge in [0.1, 0.15) is 0 Å². The van der Waals surface area contributed by atoms with Crippen molar-refractivity contribution in [1.82, 2.24) is 5.16 Å². The van der Waals surface area contributed by atoms with Crippen LogP contribution in [0.3, 0.4) is 0 Å². The minimum Gasteiger partial charge on any atom is -0.367 e. The monoisotopic (exact) mass is 282 g/mol. The summed E-state index contributed by atoms with van der Waals surface area (Å²) < 4.78 is 5.32. The fourth-order valence-corrected chi connectivity index (χ4v) is 4.10. The van der Waals surface area contributed by atoms with Crippen LogP contribution in [0.5, 0.6) is 0 Å². The molecule has 3 heteroatoms. The van der Waals surface area contributed by atoms with Crippen LogP contribution in [-0.2, 0) is 0 Å². The number of hydrogen-bond acceptors (Lipinski definition) is 3. The van der Waals surface area contributed by atoms with Crippen molar-refractivity contribution in [1.29, 1.82) is 0 Å². The molecule has 1 aromatic carbocycles. The molecule has 4 rings (SSSR count). The molecule has 2 N–H and O–H groups in total. The minimum atomic E-state index is 0.465. The van der Waals surface area contributed by atoms with E-state index in [-0.39, 0.29) is 0 Å². The smallest absolute Gasteiger partial charge is 0.230 e. The first-order chi connectivity index (χ1) is 10.2. The van der Waals surface area contributed by atoms with Crippen molar-refractivity contribution in [3.8, 4) is 11.1 Å². The topological polar surface area (TPSA) is 52.0 Å². The quantitative estimate of drug-likeness (QED) is 0.897. The zero-order valence-corrected chi connectivity index (χ0v) is 12.7. The van der Waals surface area contributed by atoms with Crippen LogP contribution in [0, 0.1) is 11.8 Å². The van der Waals surface area contributed by atoms with E-state index >= 15 is 0 Å². The molecule has 2 aliphatic rings. The SMILES string of the molecule is CC(C)c1ccc(-c2c(C3C4CCCC43)noc2N)cc1. The van der Waals surface area contributed by atoms with Crippen LogP contribution < -0.4 is 5.73 Å². The van der Waals surface area contributed by atoms with E-state index in [0.717, 1.165) is 28.7 Å². The first kappa shape index (κ1) is 12.9. The third-order valence-corrected chi connectivity index (χ3v) is 5.33. The molecule has 110 valence electrons. The van der Waals surface area contributed by atoms with Gasteiger partial charge < -0.3 is 10.3 Å². The fraction of sp³-hybridized carbons (Fsp3) is 0.500. The molecule has 2 saturated carbocycles. The van der Waals surface area contributed by atoms with Crippen LogP contribution in [0.1, 0.15) is 56.2 Å². The molecule has 3 nitrogen and oxygen atoms in total. The van der Waals surface area contributed by atoms with Crippen molar-refractivity contribution in [2.24, 2.45) is 11.8 Å². The predicted octanol–water partition coefficient (Wildman–Crippen LogP) is 4.56. The van der Waals surface area contributed by atoms with E-state index < -0.39 is 0 Å². The van der Waals surface area contributed by atoms with Crippen molar-refractivity contribution in [3.05, 3.63) is 35.5 Å². The van der Waals surface area contributed by atoms with Crippen LogP contribution in [0.25, 0.3) is 11.1 Å². The lowest BCUT2D eigenvalue weighted by Crippen LogP contribution is -1.94. The lowest BCUT2D eigenvalue weighted by molar-refractivity contribution is 0.424. The van der Waals surface area contributed by atoms with Gasteiger partial charge in [-0.1, -0.05) is 49.7 Å². The van der Waals surface area contributed by atoms with Crippen LogP contribution >= 0.6 is 0 Å². The number of nitrogen functional groups attached to an aromatic ring is 1. The summed E-state index contributed by atoms with van der Waals surface area (Å²) in [5, 5.41) is 4.29. The van der Waals surface area contributed by atoms with E-state index in [1.54, 1.807) is 0 Å². The van der Waals surface area contributed by atoms with Crippen molar-refractivity contribution < 1.29 is 4.52 Å². The largest absolute Gasteiger partial charge is 0.367 e. The molecule has 0 bridgehead atoms. The lowest BCUT2D eigenvalue weighted by atomic mass is 9.96. The molecule has 2 atom stereocenters. The second-order valence-corrected chi connectivity index (χ2v) is 6.87. The number of hydrogen-bond donors (Lipinski definition) is 1. The molecule has 2 aliphatic carbocycles. The summed E-state index contributed by atoms with van der Waals surface area (Å²) in [6.45, 7) is 4.42. The maximum atomic E-state index is 6.06. The Morgan fingerprint density at radius 2 is 1.81 bits per heavy atom. The molecule has 0 spiro atoms. The van der Waals surface area contributed by atoms with E-state index in [4.69, 9.17) is 10.3 Å². The van der Waals surface area contributed by atoms with Gasteiger partial charge in [0.25, 0.3) is 0 Å². The Morgan fingerprint density at radius 3 is 2.43 bits per heavy atom. The molecular weight excluding hydrogens is 260 g/mol. The predicted molar refractivity (Wildman–Crippen MR) is 84.0 cm³/mol. The highest BCUT2D eigenvalue weighted by Crippen LogP contribution is 2.64. The standard InChI is InChI=1S/C18H22N2O/c1-10(2)11-6-8-12(9-7-11)15-17(20-21-18(15)19)16-13-4-3-5-14(13)16/h6-10,13-14,16H,3-5,19H2,1-2H3. The molecule has 1 aromatic heterocycles. The number of nitrogens with zero attached hydrogens (tertiary/aromatic N) is 1. The zero-order valence-electron chi connectivity index (χ0n) is 12.7. The van der Waals surface area contributed by atoms with Gasteiger partial charge in [-0.25, -0.2) is 0 Å². The summed E-state index contributed by atoms with van der Waals surface area (Å²) in [5.41, 5.74) is 10.7. The van der Waals surface area contributed by atoms with E-state index in [9.17, 15) is 0 Å². The number of fused-ring (bicyclic) bond motifs is 1. The Balaban J connectivity index is 1.70. The molecule has 0 saturated heterocycles. The lowest BCUT2D eigenvalue weighted by Gasteiger charge is -2.08. The van der Waals surface area contributed by atoms with Gasteiger partial charge >= 0.3 is 0 Å². The summed E-state index contributed by atoms with van der Waals surface area (Å²) in [4.78, 5) is 0. The third-order valence-electron chi connectivity index (χ3n) is 5.33. The van der Waals surface area contributed by atoms with Gasteiger partial charge in [0.2, 0.25) is 5.88 Å². The third kappa shape index (κ3) is 1.98. The summed E-state index contributed by atoms with van der Waals surface area (Å²) in [5.74, 6) is 3.24. The van der Waals surface area contributed by atoms with Gasteiger partial charge in [0.05, 0.1) is 11.3 Å². The maximum Gasteiger partial charge on any atom is 0.230 e. The Labute approximate surface area is 125 Å². The first-order valence-corrected chi connectivity index (χ1v) is 8.02. The molecule has 1 heterocycles. The highest BCUT2D eigenvalue weighted by atomic mass is 16.5. The van der Waals surface area contributed by atoms with E-state index in [1.165, 1.54) is 24.8 Å². The second-order valence-electron chi connectivity index (χ2n) is 6.87. The highest BCUT2D eigenvalue weighted by Gasteiger charge is 2.55. The van der Waals surface area contributed by atoms with Gasteiger partial charge in [-0.05, 0) is 41.7 Å². The number of rotatable bonds is 3. The van der Waals surface area contributed by atoms with Crippen molar-refractivity contribution >= 4 is 5.88 Å². The Kier molecular flexibility index (Phi) is 2.84. The van der Waals surface area contributed by atoms with Gasteiger partial charge in [-0.2, -0.15) is 0 Å². The molecule has 0 amide bonds. The van der Waals surface area contributed by atoms with Crippen LogP contribution in [0.4, 0.5) is 5.88 Å². The van der Waals surface area contributed by atoms with E-state index in [2.05, 4.69) is 43.3 Å². The van der Waals surface area contributed by atoms with Crippen molar-refractivity contribution in [2.75, 3.05) is 5.73 Å². The maximum absolute atomic E-state index is 6.06. The number of anilines is 1. The van der Waals surface area contributed by atoms with Gasteiger partial charge in [0, 0.05) is 5.92 Å². The van der Waals surface area contributed by atoms with Crippen LogP contribution in [0.15, 0.2) is 28.8 Å². The number of benzene rings is 1. The molecule has 2 aromatic rings. The second kappa shape index (κ2) is 4.62. The summed E-state index contributed by atoms with van der Waals surface area (Å²) >= 11 is 0. The molecule has 0 radical (unpaired) electrons. The molecule has 2 fully saturated rings. The summed E-state index contributed by atoms with van der Waals surface area (Å²) in [6.07, 6.45) is 4.05. The number of aromatic nitrogens is 1. The van der Waals surface area contributed by atoms with Gasteiger partial charge in [-0.3, -0.25) is 0 Å². The highest BCUT2D eigenvalue weighted by molar-refractivity contribution is 5.76. The average Bonchev–Trinajstić information content (AvgIpc) is 2.85. The Morgan fingerprint density at radius 1 is 1.14 bits per heavy atom. The average molecular weight is 282 g/mol. The summed E-state index contributed by atoms with van der Waals surface area (Å²) in [7, 11) is 0. The molecule has 21 heavy (non-hydrogen) atoms. The zero-order chi connectivity index (χ0) is 14.6. The van der Waals surface area contributed by atoms with Crippen molar-refractivity contribution in [2.45, 2.75) is 44.9 Å². The van der Waals surface area contributed by atoms with Crippen LogP contribution in [-0.4, -0.2) is 5.16 Å². The first-order valence-electron chi connectivity index (χ1n) is 8.02. The Bertz CT molecular complexity index is 646. The van der Waals surface area contributed by atoms with E-state index in [0.29, 0.717) is 17.7 Å². The minimum absolute atomic E-state index is 0.465. The van der Waals surface area contributed by atoms with Gasteiger partial charge in [-0.15, -0.1) is 0 Å². The normalized spacial score (nSPS) is 27.1. The van der Waals surface area contributed by atoms with E-state index in [1.807, 2.05) is 0 Å². The van der Waals surface area contributed by atoms with Gasteiger partial charge in [0.15, 0.2) is 0 Å². The van der Waals surface area contributed by atoms with Crippen molar-refractivity contribution in [3.63, 3.8) is 0 Å². The molecular formula is C18H22N2O. The Hall–Kier alpha value is -1.77. The fourth-order valence-electron chi connectivity index (χ4n) is 4.10. The molecule has 2 unspecified atom stereocenters. The number of nitrogens with two attached hydrogens (primary N) is 1. The molecule has 0 aliphatic heterocycles. The van der Waals surface area contributed by atoms with Crippen LogP contribution in [0.2, 0.25) is 0 Å². The summed E-state index contributed by atoms with van der Waals surface area (Å²) in [6, 6.07) is 8.67.